The van der Waals surface area contributed by atoms with Gasteiger partial charge in [0.15, 0.2) is 0 Å². The molecule has 10 heteroatoms. The van der Waals surface area contributed by atoms with E-state index in [1.165, 1.54) is 40.7 Å². The molecule has 0 heterocycles. The van der Waals surface area contributed by atoms with Crippen LogP contribution in [0.1, 0.15) is 22.8 Å². The van der Waals surface area contributed by atoms with Crippen molar-refractivity contribution in [3.63, 3.8) is 0 Å². The molecule has 0 fully saturated rings. The molecule has 0 saturated carbocycles. The maximum absolute atomic E-state index is 12.6. The highest BCUT2D eigenvalue weighted by Crippen LogP contribution is 2.22. The molecule has 33 heavy (non-hydrogen) atoms. The number of amides is 1. The van der Waals surface area contributed by atoms with Gasteiger partial charge in [-0.15, -0.1) is 0 Å². The number of carbonyl (C=O) groups is 1. The van der Waals surface area contributed by atoms with Crippen LogP contribution >= 0.6 is 0 Å². The minimum atomic E-state index is -3.78. The fourth-order valence-corrected chi connectivity index (χ4v) is 5.30. The maximum Gasteiger partial charge on any atom is 0.261 e. The fourth-order valence-electron chi connectivity index (χ4n) is 3.20. The van der Waals surface area contributed by atoms with E-state index in [0.29, 0.717) is 22.6 Å². The number of sulfonamides is 2. The molecule has 0 aromatic heterocycles. The van der Waals surface area contributed by atoms with Crippen LogP contribution in [0.5, 0.6) is 0 Å². The first-order valence-corrected chi connectivity index (χ1v) is 13.4. The molecule has 3 aromatic rings. The lowest BCUT2D eigenvalue weighted by Crippen LogP contribution is -2.29. The van der Waals surface area contributed by atoms with E-state index < -0.39 is 26.0 Å². The molecule has 0 aliphatic rings. The van der Waals surface area contributed by atoms with E-state index in [9.17, 15) is 21.6 Å². The van der Waals surface area contributed by atoms with E-state index in [2.05, 4.69) is 10.0 Å². The number of hydrogen-bond acceptors (Lipinski definition) is 5. The Hall–Kier alpha value is -3.37. The summed E-state index contributed by atoms with van der Waals surface area (Å²) in [6.07, 6.45) is 1.12. The molecular weight excluding hydrogens is 462 g/mol. The third-order valence-electron chi connectivity index (χ3n) is 4.92. The molecule has 0 aliphatic carbocycles. The Balaban J connectivity index is 1.71. The Kier molecular flexibility index (Phi) is 7.09. The third kappa shape index (κ3) is 5.91. The van der Waals surface area contributed by atoms with Crippen LogP contribution in [-0.2, 0) is 20.0 Å². The topological polar surface area (TPSA) is 113 Å². The molecule has 3 rings (SSSR count). The number of benzene rings is 3. The highest BCUT2D eigenvalue weighted by Gasteiger charge is 2.17. The average molecular weight is 488 g/mol. The number of aryl methyl sites for hydroxylation is 1. The fraction of sp³-hybridized carbons (Fsp3) is 0.174. The first-order chi connectivity index (χ1) is 15.5. The van der Waals surface area contributed by atoms with E-state index in [4.69, 9.17) is 0 Å². The summed E-state index contributed by atoms with van der Waals surface area (Å²) in [5, 5.41) is 2.70. The van der Waals surface area contributed by atoms with Gasteiger partial charge < -0.3 is 5.32 Å². The van der Waals surface area contributed by atoms with Crippen LogP contribution in [0.25, 0.3) is 0 Å². The van der Waals surface area contributed by atoms with Gasteiger partial charge in [-0.25, -0.2) is 16.8 Å². The number of nitrogens with zero attached hydrogens (tertiary/aromatic N) is 1. The molecule has 0 spiro atoms. The second-order valence-electron chi connectivity index (χ2n) is 7.37. The van der Waals surface area contributed by atoms with E-state index >= 15 is 0 Å². The lowest BCUT2D eigenvalue weighted by atomic mass is 10.2. The Labute approximate surface area is 194 Å². The standard InChI is InChI=1S/C23H25N3O5S2/c1-4-26(32(3,28)29)20-13-9-18(10-14-20)23(27)24-19-11-15-21(16-12-19)33(30,31)25-22-8-6-5-7-17(22)2/h5-16,25H,4H2,1-3H3,(H,24,27). The van der Waals surface area contributed by atoms with Crippen LogP contribution in [0.4, 0.5) is 17.1 Å². The highest BCUT2D eigenvalue weighted by molar-refractivity contribution is 7.92. The monoisotopic (exact) mass is 487 g/mol. The van der Waals surface area contributed by atoms with Gasteiger partial charge in [0.1, 0.15) is 0 Å². The number of rotatable bonds is 8. The van der Waals surface area contributed by atoms with Crippen molar-refractivity contribution in [1.82, 2.24) is 0 Å². The molecule has 174 valence electrons. The predicted octanol–water partition coefficient (Wildman–Crippen LogP) is 3.83. The lowest BCUT2D eigenvalue weighted by Gasteiger charge is -2.20. The Morgan fingerprint density at radius 1 is 0.879 bits per heavy atom. The molecule has 0 saturated heterocycles. The van der Waals surface area contributed by atoms with Gasteiger partial charge in [-0.05, 0) is 74.0 Å². The average Bonchev–Trinajstić information content (AvgIpc) is 2.75. The van der Waals surface area contributed by atoms with Gasteiger partial charge in [0.05, 0.1) is 22.5 Å². The molecule has 0 radical (unpaired) electrons. The van der Waals surface area contributed by atoms with E-state index in [-0.39, 0.29) is 11.4 Å². The van der Waals surface area contributed by atoms with Crippen LogP contribution in [0, 0.1) is 6.92 Å². The number of nitrogens with one attached hydrogen (secondary N) is 2. The zero-order valence-corrected chi connectivity index (χ0v) is 20.1. The lowest BCUT2D eigenvalue weighted by molar-refractivity contribution is 0.102. The summed E-state index contributed by atoms with van der Waals surface area (Å²) in [7, 11) is -7.19. The van der Waals surface area contributed by atoms with Crippen molar-refractivity contribution in [2.75, 3.05) is 27.1 Å². The van der Waals surface area contributed by atoms with Crippen molar-refractivity contribution in [2.24, 2.45) is 0 Å². The van der Waals surface area contributed by atoms with Gasteiger partial charge in [0.2, 0.25) is 10.0 Å². The number of para-hydroxylation sites is 1. The Morgan fingerprint density at radius 2 is 1.48 bits per heavy atom. The molecule has 0 bridgehead atoms. The van der Waals surface area contributed by atoms with E-state index in [0.717, 1.165) is 11.8 Å². The Bertz CT molecular complexity index is 1350. The third-order valence-corrected chi connectivity index (χ3v) is 7.57. The first-order valence-electron chi connectivity index (χ1n) is 10.1. The van der Waals surface area contributed by atoms with Gasteiger partial charge in [-0.3, -0.25) is 13.8 Å². The van der Waals surface area contributed by atoms with Crippen LogP contribution in [-0.4, -0.2) is 35.5 Å². The normalized spacial score (nSPS) is 11.6. The molecule has 3 aromatic carbocycles. The summed E-state index contributed by atoms with van der Waals surface area (Å²) in [5.74, 6) is -0.405. The van der Waals surface area contributed by atoms with Gasteiger partial charge in [-0.2, -0.15) is 0 Å². The molecule has 0 unspecified atom stereocenters. The minimum Gasteiger partial charge on any atom is -0.322 e. The van der Waals surface area contributed by atoms with Gasteiger partial charge in [0, 0.05) is 17.8 Å². The summed E-state index contributed by atoms with van der Waals surface area (Å²) >= 11 is 0. The smallest absolute Gasteiger partial charge is 0.261 e. The Morgan fingerprint density at radius 3 is 2.03 bits per heavy atom. The molecule has 0 atom stereocenters. The van der Waals surface area contributed by atoms with Crippen molar-refractivity contribution in [3.05, 3.63) is 83.9 Å². The van der Waals surface area contributed by atoms with Gasteiger partial charge in [-0.1, -0.05) is 18.2 Å². The summed E-state index contributed by atoms with van der Waals surface area (Å²) < 4.78 is 52.8. The van der Waals surface area contributed by atoms with Crippen LogP contribution in [0.15, 0.2) is 77.7 Å². The number of carbonyl (C=O) groups excluding carboxylic acids is 1. The summed E-state index contributed by atoms with van der Waals surface area (Å²) in [6, 6.07) is 19.1. The number of hydrogen-bond donors (Lipinski definition) is 2. The van der Waals surface area contributed by atoms with Gasteiger partial charge >= 0.3 is 0 Å². The number of anilines is 3. The molecule has 1 amide bonds. The zero-order valence-electron chi connectivity index (χ0n) is 18.4. The highest BCUT2D eigenvalue weighted by atomic mass is 32.2. The SMILES string of the molecule is CCN(c1ccc(C(=O)Nc2ccc(S(=O)(=O)Nc3ccccc3C)cc2)cc1)S(C)(=O)=O. The van der Waals surface area contributed by atoms with Gasteiger partial charge in [0.25, 0.3) is 15.9 Å². The van der Waals surface area contributed by atoms with Crippen LogP contribution < -0.4 is 14.3 Å². The van der Waals surface area contributed by atoms with E-state index in [1.807, 2.05) is 19.1 Å². The van der Waals surface area contributed by atoms with Crippen LogP contribution in [0.2, 0.25) is 0 Å². The van der Waals surface area contributed by atoms with Crippen LogP contribution in [0.3, 0.4) is 0 Å². The largest absolute Gasteiger partial charge is 0.322 e. The molecular formula is C23H25N3O5S2. The predicted molar refractivity (Wildman–Crippen MR) is 131 cm³/mol. The van der Waals surface area contributed by atoms with Crippen molar-refractivity contribution in [2.45, 2.75) is 18.7 Å². The maximum atomic E-state index is 12.6. The van der Waals surface area contributed by atoms with Crippen molar-refractivity contribution < 1.29 is 21.6 Å². The molecule has 2 N–H and O–H groups in total. The van der Waals surface area contributed by atoms with Crippen molar-refractivity contribution >= 4 is 43.0 Å². The quantitative estimate of drug-likeness (QED) is 0.501. The summed E-state index contributed by atoms with van der Waals surface area (Å²) in [5.41, 5.74) is 2.52. The van der Waals surface area contributed by atoms with Crippen molar-refractivity contribution in [3.8, 4) is 0 Å². The van der Waals surface area contributed by atoms with Crippen molar-refractivity contribution in [1.29, 1.82) is 0 Å². The second-order valence-corrected chi connectivity index (χ2v) is 11.0. The molecule has 0 aliphatic heterocycles. The second kappa shape index (κ2) is 9.63. The summed E-state index contributed by atoms with van der Waals surface area (Å²) in [4.78, 5) is 12.6. The zero-order chi connectivity index (χ0) is 24.2. The molecule has 8 nitrogen and oxygen atoms in total. The summed E-state index contributed by atoms with van der Waals surface area (Å²) in [6.45, 7) is 3.81. The minimum absolute atomic E-state index is 0.0635. The van der Waals surface area contributed by atoms with E-state index in [1.54, 1.807) is 31.2 Å². The first kappa shape index (κ1) is 24.3.